The lowest BCUT2D eigenvalue weighted by molar-refractivity contribution is 0.0566. The molecule has 0 unspecified atom stereocenters. The molecule has 0 atom stereocenters. The molecule has 0 saturated carbocycles. The van der Waals surface area contributed by atoms with Crippen LogP contribution in [0.1, 0.15) is 12.8 Å². The highest BCUT2D eigenvalue weighted by Gasteiger charge is 2.15. The van der Waals surface area contributed by atoms with Crippen LogP contribution < -0.4 is 5.32 Å². The van der Waals surface area contributed by atoms with Crippen LogP contribution >= 0.6 is 0 Å². The van der Waals surface area contributed by atoms with E-state index in [-0.39, 0.29) is 0 Å². The number of ether oxygens (including phenoxy) is 1. The normalized spacial score (nSPS) is 18.3. The van der Waals surface area contributed by atoms with Crippen molar-refractivity contribution >= 4 is 0 Å². The molecule has 0 aromatic carbocycles. The Labute approximate surface area is 93.5 Å². The zero-order valence-corrected chi connectivity index (χ0v) is 10.1. The van der Waals surface area contributed by atoms with Gasteiger partial charge in [0.1, 0.15) is 0 Å². The first-order valence-corrected chi connectivity index (χ1v) is 5.80. The molecule has 0 aromatic rings. The minimum Gasteiger partial charge on any atom is -0.381 e. The van der Waals surface area contributed by atoms with Crippen LogP contribution in [0.25, 0.3) is 0 Å². The van der Waals surface area contributed by atoms with E-state index < -0.39 is 0 Å². The van der Waals surface area contributed by atoms with E-state index in [2.05, 4.69) is 23.8 Å². The minimum absolute atomic E-state index is 0.811. The first-order chi connectivity index (χ1) is 7.22. The summed E-state index contributed by atoms with van der Waals surface area (Å²) in [5, 5.41) is 3.13. The van der Waals surface area contributed by atoms with Gasteiger partial charge in [-0.2, -0.15) is 0 Å². The Morgan fingerprint density at radius 3 is 2.73 bits per heavy atom. The van der Waals surface area contributed by atoms with E-state index in [1.165, 1.54) is 25.0 Å². The van der Waals surface area contributed by atoms with E-state index in [0.29, 0.717) is 0 Å². The Balaban J connectivity index is 2.16. The van der Waals surface area contributed by atoms with Gasteiger partial charge in [0.05, 0.1) is 0 Å². The summed E-state index contributed by atoms with van der Waals surface area (Å²) in [7, 11) is 4.14. The highest BCUT2D eigenvalue weighted by molar-refractivity contribution is 4.99. The molecule has 0 radical (unpaired) electrons. The first kappa shape index (κ1) is 12.7. The molecule has 1 N–H and O–H groups in total. The second kappa shape index (κ2) is 6.99. The number of rotatable bonds is 6. The molecule has 0 aromatic heterocycles. The summed E-state index contributed by atoms with van der Waals surface area (Å²) < 4.78 is 5.35. The SMILES string of the molecule is C=C(CNC)CN(C)CC1CCOCC1. The summed E-state index contributed by atoms with van der Waals surface area (Å²) in [6.45, 7) is 9.02. The van der Waals surface area contributed by atoms with Gasteiger partial charge in [0.25, 0.3) is 0 Å². The van der Waals surface area contributed by atoms with Crippen LogP contribution in [0.5, 0.6) is 0 Å². The van der Waals surface area contributed by atoms with E-state index in [9.17, 15) is 0 Å². The van der Waals surface area contributed by atoms with Crippen LogP contribution in [-0.2, 0) is 4.74 Å². The highest BCUT2D eigenvalue weighted by atomic mass is 16.5. The summed E-state index contributed by atoms with van der Waals surface area (Å²) >= 11 is 0. The molecule has 0 bridgehead atoms. The number of nitrogens with zero attached hydrogens (tertiary/aromatic N) is 1. The standard InChI is InChI=1S/C12H24N2O/c1-11(8-13-2)9-14(3)10-12-4-6-15-7-5-12/h12-13H,1,4-10H2,2-3H3. The molecule has 1 rings (SSSR count). The number of hydrogen-bond acceptors (Lipinski definition) is 3. The van der Waals surface area contributed by atoms with Gasteiger partial charge < -0.3 is 15.0 Å². The Hall–Kier alpha value is -0.380. The summed E-state index contributed by atoms with van der Waals surface area (Å²) in [6.07, 6.45) is 2.42. The van der Waals surface area contributed by atoms with Crippen molar-refractivity contribution < 1.29 is 4.74 Å². The molecule has 1 aliphatic rings. The topological polar surface area (TPSA) is 24.5 Å². The molecule has 1 aliphatic heterocycles. The Morgan fingerprint density at radius 2 is 2.13 bits per heavy atom. The van der Waals surface area contributed by atoms with Crippen molar-refractivity contribution in [2.24, 2.45) is 5.92 Å². The summed E-state index contributed by atoms with van der Waals surface area (Å²) in [6, 6.07) is 0. The van der Waals surface area contributed by atoms with Crippen molar-refractivity contribution in [3.8, 4) is 0 Å². The molecular weight excluding hydrogens is 188 g/mol. The average Bonchev–Trinajstić information content (AvgIpc) is 2.19. The van der Waals surface area contributed by atoms with Crippen molar-refractivity contribution in [1.82, 2.24) is 10.2 Å². The van der Waals surface area contributed by atoms with E-state index in [1.54, 1.807) is 0 Å². The fourth-order valence-corrected chi connectivity index (χ4v) is 2.12. The quantitative estimate of drug-likeness (QED) is 0.668. The molecule has 15 heavy (non-hydrogen) atoms. The monoisotopic (exact) mass is 212 g/mol. The smallest absolute Gasteiger partial charge is 0.0469 e. The van der Waals surface area contributed by atoms with Gasteiger partial charge in [-0.3, -0.25) is 0 Å². The lowest BCUT2D eigenvalue weighted by atomic mass is 10.00. The Bertz CT molecular complexity index is 188. The summed E-state index contributed by atoms with van der Waals surface area (Å²) in [5.41, 5.74) is 1.26. The molecule has 1 fully saturated rings. The van der Waals surface area contributed by atoms with Gasteiger partial charge in [0, 0.05) is 32.8 Å². The van der Waals surface area contributed by atoms with Gasteiger partial charge in [-0.1, -0.05) is 6.58 Å². The van der Waals surface area contributed by atoms with Crippen LogP contribution in [0.3, 0.4) is 0 Å². The molecule has 0 aliphatic carbocycles. The number of nitrogens with one attached hydrogen (secondary N) is 1. The van der Waals surface area contributed by atoms with Crippen molar-refractivity contribution in [1.29, 1.82) is 0 Å². The van der Waals surface area contributed by atoms with Crippen molar-refractivity contribution in [2.45, 2.75) is 12.8 Å². The number of likely N-dealkylation sites (N-methyl/N-ethyl adjacent to an activating group) is 2. The zero-order chi connectivity index (χ0) is 11.1. The van der Waals surface area contributed by atoms with E-state index >= 15 is 0 Å². The van der Waals surface area contributed by atoms with Gasteiger partial charge in [-0.25, -0.2) is 0 Å². The van der Waals surface area contributed by atoms with Gasteiger partial charge >= 0.3 is 0 Å². The summed E-state index contributed by atoms with van der Waals surface area (Å²) in [5.74, 6) is 0.811. The molecule has 0 amide bonds. The third-order valence-electron chi connectivity index (χ3n) is 2.83. The van der Waals surface area contributed by atoms with Gasteiger partial charge in [-0.15, -0.1) is 0 Å². The predicted octanol–water partition coefficient (Wildman–Crippen LogP) is 1.12. The minimum atomic E-state index is 0.811. The average molecular weight is 212 g/mol. The van der Waals surface area contributed by atoms with Crippen LogP contribution in [0.2, 0.25) is 0 Å². The molecular formula is C12H24N2O. The van der Waals surface area contributed by atoms with Crippen molar-refractivity contribution in [3.05, 3.63) is 12.2 Å². The number of hydrogen-bond donors (Lipinski definition) is 1. The highest BCUT2D eigenvalue weighted by Crippen LogP contribution is 2.15. The van der Waals surface area contributed by atoms with Crippen molar-refractivity contribution in [2.75, 3.05) is 46.9 Å². The fourth-order valence-electron chi connectivity index (χ4n) is 2.12. The van der Waals surface area contributed by atoms with E-state index in [4.69, 9.17) is 4.74 Å². The Morgan fingerprint density at radius 1 is 1.47 bits per heavy atom. The molecule has 1 heterocycles. The fraction of sp³-hybridized carbons (Fsp3) is 0.833. The lowest BCUT2D eigenvalue weighted by Gasteiger charge is -2.27. The second-order valence-corrected chi connectivity index (χ2v) is 4.53. The maximum atomic E-state index is 5.35. The van der Waals surface area contributed by atoms with Gasteiger partial charge in [0.15, 0.2) is 0 Å². The lowest BCUT2D eigenvalue weighted by Crippen LogP contribution is -2.32. The third kappa shape index (κ3) is 5.30. The van der Waals surface area contributed by atoms with Crippen LogP contribution in [0, 0.1) is 5.92 Å². The van der Waals surface area contributed by atoms with Crippen LogP contribution in [0.15, 0.2) is 12.2 Å². The van der Waals surface area contributed by atoms with Crippen molar-refractivity contribution in [3.63, 3.8) is 0 Å². The van der Waals surface area contributed by atoms with Gasteiger partial charge in [-0.05, 0) is 38.4 Å². The largest absolute Gasteiger partial charge is 0.381 e. The van der Waals surface area contributed by atoms with Gasteiger partial charge in [0.2, 0.25) is 0 Å². The Kier molecular flexibility index (Phi) is 5.91. The molecule has 0 spiro atoms. The third-order valence-corrected chi connectivity index (χ3v) is 2.83. The van der Waals surface area contributed by atoms with E-state index in [1.807, 2.05) is 7.05 Å². The predicted molar refractivity (Wildman–Crippen MR) is 64.1 cm³/mol. The molecule has 3 nitrogen and oxygen atoms in total. The molecule has 1 saturated heterocycles. The molecule has 88 valence electrons. The second-order valence-electron chi connectivity index (χ2n) is 4.53. The maximum Gasteiger partial charge on any atom is 0.0469 e. The van der Waals surface area contributed by atoms with Crippen LogP contribution in [-0.4, -0.2) is 51.8 Å². The van der Waals surface area contributed by atoms with E-state index in [0.717, 1.165) is 32.2 Å². The van der Waals surface area contributed by atoms with Crippen LogP contribution in [0.4, 0.5) is 0 Å². The summed E-state index contributed by atoms with van der Waals surface area (Å²) in [4.78, 5) is 2.37. The maximum absolute atomic E-state index is 5.35. The zero-order valence-electron chi connectivity index (χ0n) is 10.1. The molecule has 3 heteroatoms. The first-order valence-electron chi connectivity index (χ1n) is 5.80.